The van der Waals surface area contributed by atoms with Crippen molar-refractivity contribution in [2.24, 2.45) is 5.92 Å². The van der Waals surface area contributed by atoms with E-state index in [9.17, 15) is 4.79 Å². The third-order valence-electron chi connectivity index (χ3n) is 3.87. The smallest absolute Gasteiger partial charge is 0.318 e. The van der Waals surface area contributed by atoms with Crippen molar-refractivity contribution in [2.75, 3.05) is 31.1 Å². The van der Waals surface area contributed by atoms with Gasteiger partial charge in [-0.25, -0.2) is 0 Å². The molecular weight excluding hydrogens is 340 g/mol. The molecule has 6 nitrogen and oxygen atoms in total. The summed E-state index contributed by atoms with van der Waals surface area (Å²) in [5, 5.41) is 8.77. The Morgan fingerprint density at radius 1 is 1.12 bits per heavy atom. The maximum Gasteiger partial charge on any atom is 0.318 e. The predicted molar refractivity (Wildman–Crippen MR) is 99.7 cm³/mol. The third kappa shape index (κ3) is 4.51. The van der Waals surface area contributed by atoms with Crippen molar-refractivity contribution in [1.29, 1.82) is 0 Å². The van der Waals surface area contributed by atoms with Gasteiger partial charge in [0.1, 0.15) is 0 Å². The molecule has 1 saturated heterocycles. The molecule has 0 spiro atoms. The van der Waals surface area contributed by atoms with Gasteiger partial charge in [-0.2, -0.15) is 0 Å². The van der Waals surface area contributed by atoms with Crippen molar-refractivity contribution in [3.05, 3.63) is 29.3 Å². The van der Waals surface area contributed by atoms with Gasteiger partial charge >= 0.3 is 6.01 Å². The van der Waals surface area contributed by atoms with Crippen molar-refractivity contribution < 1.29 is 9.21 Å². The van der Waals surface area contributed by atoms with Crippen LogP contribution in [0.1, 0.15) is 27.7 Å². The highest BCUT2D eigenvalue weighted by Crippen LogP contribution is 2.28. The van der Waals surface area contributed by atoms with E-state index in [1.54, 1.807) is 6.07 Å². The molecule has 0 saturated carbocycles. The molecule has 3 rings (SSSR count). The third-order valence-corrected chi connectivity index (χ3v) is 4.20. The monoisotopic (exact) mass is 364 g/mol. The number of amides is 1. The van der Waals surface area contributed by atoms with E-state index in [0.29, 0.717) is 43.1 Å². The van der Waals surface area contributed by atoms with Gasteiger partial charge in [-0.15, -0.1) is 5.10 Å². The van der Waals surface area contributed by atoms with Crippen LogP contribution >= 0.6 is 11.6 Å². The summed E-state index contributed by atoms with van der Waals surface area (Å²) in [4.78, 5) is 15.9. The van der Waals surface area contributed by atoms with Crippen LogP contribution in [0, 0.1) is 5.92 Å². The number of rotatable bonds is 3. The molecule has 136 valence electrons. The molecule has 25 heavy (non-hydrogen) atoms. The van der Waals surface area contributed by atoms with Crippen LogP contribution in [0.3, 0.4) is 0 Å². The lowest BCUT2D eigenvalue weighted by Gasteiger charge is -2.34. The second kappa shape index (κ2) is 8.85. The van der Waals surface area contributed by atoms with E-state index in [1.165, 1.54) is 0 Å². The minimum Gasteiger partial charge on any atom is -0.403 e. The lowest BCUT2D eigenvalue weighted by molar-refractivity contribution is -0.134. The summed E-state index contributed by atoms with van der Waals surface area (Å²) in [7, 11) is 0. The molecule has 2 aromatic rings. The fourth-order valence-corrected chi connectivity index (χ4v) is 2.79. The number of nitrogens with zero attached hydrogens (tertiary/aromatic N) is 4. The molecule has 0 atom stereocenters. The van der Waals surface area contributed by atoms with Gasteiger partial charge in [0.15, 0.2) is 0 Å². The summed E-state index contributed by atoms with van der Waals surface area (Å²) in [6.45, 7) is 10.5. The molecule has 1 aliphatic rings. The molecule has 0 unspecified atom stereocenters. The predicted octanol–water partition coefficient (Wildman–Crippen LogP) is 3.72. The van der Waals surface area contributed by atoms with E-state index >= 15 is 0 Å². The molecule has 0 N–H and O–H groups in total. The zero-order chi connectivity index (χ0) is 18.4. The molecular formula is C18H25ClN4O2. The molecule has 1 amide bonds. The molecule has 0 aliphatic carbocycles. The van der Waals surface area contributed by atoms with Gasteiger partial charge in [0.05, 0.1) is 10.6 Å². The fourth-order valence-electron chi connectivity index (χ4n) is 2.57. The first-order chi connectivity index (χ1) is 12.1. The number of aromatic nitrogens is 2. The number of carbonyl (C=O) groups excluding carboxylic acids is 1. The minimum atomic E-state index is 0.0248. The Balaban J connectivity index is 0.00000109. The van der Waals surface area contributed by atoms with Crippen LogP contribution in [-0.2, 0) is 4.79 Å². The summed E-state index contributed by atoms with van der Waals surface area (Å²) in [5.41, 5.74) is 0.724. The summed E-state index contributed by atoms with van der Waals surface area (Å²) >= 11 is 6.15. The zero-order valence-corrected chi connectivity index (χ0v) is 16.0. The maximum absolute atomic E-state index is 12.0. The number of carbonyl (C=O) groups is 1. The average molecular weight is 365 g/mol. The number of piperazine rings is 1. The SMILES string of the molecule is CC.CC(C)C(=O)N1CCN(c2nnc(-c3ccccc3Cl)o2)CC1. The Morgan fingerprint density at radius 3 is 2.36 bits per heavy atom. The molecule has 1 aromatic heterocycles. The topological polar surface area (TPSA) is 62.5 Å². The quantitative estimate of drug-likeness (QED) is 0.830. The highest BCUT2D eigenvalue weighted by atomic mass is 35.5. The van der Waals surface area contributed by atoms with E-state index in [4.69, 9.17) is 16.0 Å². The van der Waals surface area contributed by atoms with Crippen LogP contribution in [0.25, 0.3) is 11.5 Å². The first-order valence-corrected chi connectivity index (χ1v) is 9.06. The van der Waals surface area contributed by atoms with Crippen LogP contribution in [0.4, 0.5) is 6.01 Å². The maximum atomic E-state index is 12.0. The van der Waals surface area contributed by atoms with Gasteiger partial charge < -0.3 is 14.2 Å². The van der Waals surface area contributed by atoms with Gasteiger partial charge in [0, 0.05) is 32.1 Å². The first kappa shape index (κ1) is 19.2. The second-order valence-corrected chi connectivity index (χ2v) is 6.24. The molecule has 1 fully saturated rings. The molecule has 2 heterocycles. The Labute approximate surface area is 153 Å². The van der Waals surface area contributed by atoms with Crippen LogP contribution in [0.2, 0.25) is 5.02 Å². The summed E-state index contributed by atoms with van der Waals surface area (Å²) < 4.78 is 5.75. The van der Waals surface area contributed by atoms with Crippen molar-refractivity contribution in [1.82, 2.24) is 15.1 Å². The highest BCUT2D eigenvalue weighted by Gasteiger charge is 2.25. The van der Waals surface area contributed by atoms with Crippen molar-refractivity contribution >= 4 is 23.5 Å². The van der Waals surface area contributed by atoms with Gasteiger partial charge in [0.2, 0.25) is 5.91 Å². The van der Waals surface area contributed by atoms with Crippen molar-refractivity contribution in [3.63, 3.8) is 0 Å². The first-order valence-electron chi connectivity index (χ1n) is 8.68. The Kier molecular flexibility index (Phi) is 6.82. The number of anilines is 1. The van der Waals surface area contributed by atoms with E-state index < -0.39 is 0 Å². The van der Waals surface area contributed by atoms with E-state index in [2.05, 4.69) is 10.2 Å². The number of hydrogen-bond acceptors (Lipinski definition) is 5. The average Bonchev–Trinajstić information content (AvgIpc) is 3.13. The Morgan fingerprint density at radius 2 is 1.76 bits per heavy atom. The van der Waals surface area contributed by atoms with Crippen molar-refractivity contribution in [3.8, 4) is 11.5 Å². The van der Waals surface area contributed by atoms with Gasteiger partial charge in [0.25, 0.3) is 5.89 Å². The number of benzene rings is 1. The molecule has 1 aromatic carbocycles. The Hall–Kier alpha value is -2.08. The largest absolute Gasteiger partial charge is 0.403 e. The summed E-state index contributed by atoms with van der Waals surface area (Å²) in [6.07, 6.45) is 0. The van der Waals surface area contributed by atoms with E-state index in [-0.39, 0.29) is 11.8 Å². The van der Waals surface area contributed by atoms with Gasteiger partial charge in [-0.05, 0) is 12.1 Å². The van der Waals surface area contributed by atoms with E-state index in [1.807, 2.05) is 55.7 Å². The molecule has 1 aliphatic heterocycles. The second-order valence-electron chi connectivity index (χ2n) is 5.84. The Bertz CT molecular complexity index is 694. The van der Waals surface area contributed by atoms with Gasteiger partial charge in [-0.3, -0.25) is 4.79 Å². The minimum absolute atomic E-state index is 0.0248. The molecule has 0 radical (unpaired) electrons. The van der Waals surface area contributed by atoms with Crippen LogP contribution in [0.15, 0.2) is 28.7 Å². The summed E-state index contributed by atoms with van der Waals surface area (Å²) in [6, 6.07) is 7.84. The summed E-state index contributed by atoms with van der Waals surface area (Å²) in [5.74, 6) is 0.620. The van der Waals surface area contributed by atoms with Crippen LogP contribution in [0.5, 0.6) is 0 Å². The standard InChI is InChI=1S/C16H19ClN4O2.C2H6/c1-11(2)15(22)20-7-9-21(10-8-20)16-19-18-14(23-16)12-5-3-4-6-13(12)17;1-2/h3-6,11H,7-10H2,1-2H3;1-2H3. The lowest BCUT2D eigenvalue weighted by atomic mass is 10.1. The van der Waals surface area contributed by atoms with Crippen LogP contribution < -0.4 is 4.90 Å². The lowest BCUT2D eigenvalue weighted by Crippen LogP contribution is -2.50. The van der Waals surface area contributed by atoms with E-state index in [0.717, 1.165) is 5.56 Å². The van der Waals surface area contributed by atoms with Crippen LogP contribution in [-0.4, -0.2) is 47.2 Å². The normalized spacial score (nSPS) is 14.3. The number of hydrogen-bond donors (Lipinski definition) is 0. The zero-order valence-electron chi connectivity index (χ0n) is 15.2. The van der Waals surface area contributed by atoms with Crippen molar-refractivity contribution in [2.45, 2.75) is 27.7 Å². The molecule has 7 heteroatoms. The highest BCUT2D eigenvalue weighted by molar-refractivity contribution is 6.33. The number of halogens is 1. The fraction of sp³-hybridized carbons (Fsp3) is 0.500. The van der Waals surface area contributed by atoms with Gasteiger partial charge in [-0.1, -0.05) is 56.5 Å². The molecule has 0 bridgehead atoms.